The summed E-state index contributed by atoms with van der Waals surface area (Å²) in [4.78, 5) is 0. The van der Waals surface area contributed by atoms with E-state index in [1.807, 2.05) is 0 Å². The van der Waals surface area contributed by atoms with Gasteiger partial charge in [-0.3, -0.25) is 0 Å². The molecule has 0 aromatic carbocycles. The third kappa shape index (κ3) is 25.9. The first-order chi connectivity index (χ1) is 0. The van der Waals surface area contributed by atoms with Crippen molar-refractivity contribution in [3.8, 4) is 0 Å². The summed E-state index contributed by atoms with van der Waals surface area (Å²) in [6, 6.07) is 0. The molecule has 40 valence electrons. The average Bonchev–Trinajstić information content (AvgIpc) is 0. The second-order valence-corrected chi connectivity index (χ2v) is 0. The van der Waals surface area contributed by atoms with Crippen LogP contribution >= 0.6 is 0 Å². The molecule has 5 heteroatoms. The molecule has 0 rings (SSSR count). The van der Waals surface area contributed by atoms with Gasteiger partial charge in [0.2, 0.25) is 0 Å². The van der Waals surface area contributed by atoms with Crippen LogP contribution in [0.15, 0.2) is 0 Å². The van der Waals surface area contributed by atoms with Gasteiger partial charge in [0.05, 0.1) is 0 Å². The Labute approximate surface area is 69.2 Å². The minimum absolute atomic E-state index is 0. The molecular weight excluding hydrogens is 332 g/mol. The third-order valence-corrected chi connectivity index (χ3v) is 0. The van der Waals surface area contributed by atoms with Gasteiger partial charge in [-0.1, -0.05) is 0 Å². The van der Waals surface area contributed by atoms with Crippen LogP contribution in [0.3, 0.4) is 0 Å². The van der Waals surface area contributed by atoms with Crippen molar-refractivity contribution >= 4 is 0 Å². The zero-order valence-corrected chi connectivity index (χ0v) is 7.43. The predicted molar refractivity (Wildman–Crippen MR) is 0 cm³/mol. The summed E-state index contributed by atoms with van der Waals surface area (Å²) in [5.41, 5.74) is 0. The van der Waals surface area contributed by atoms with E-state index in [-0.39, 0.29) is 69.4 Å². The van der Waals surface area contributed by atoms with Gasteiger partial charge < -0.3 is 49.6 Å². The molecule has 0 nitrogen and oxygen atoms in total. The SMILES string of the molecule is [Cl-].[Cl-].[Cl-].[Cl-].[Os]. The first kappa shape index (κ1) is 70.8. The largest absolute Gasteiger partial charge is 1.00 e. The van der Waals surface area contributed by atoms with Crippen molar-refractivity contribution in [2.24, 2.45) is 0 Å². The zero-order valence-electron chi connectivity index (χ0n) is 1.87. The Kier molecular flexibility index (Phi) is 585. The van der Waals surface area contributed by atoms with Crippen molar-refractivity contribution in [1.82, 2.24) is 0 Å². The Morgan fingerprint density at radius 3 is 0.400 bits per heavy atom. The van der Waals surface area contributed by atoms with Crippen LogP contribution in [0.5, 0.6) is 0 Å². The third-order valence-electron chi connectivity index (χ3n) is 0. The molecule has 0 saturated heterocycles. The molecule has 0 N–H and O–H groups in total. The summed E-state index contributed by atoms with van der Waals surface area (Å²) in [6.07, 6.45) is 0. The number of hydrogen-bond acceptors (Lipinski definition) is 0. The Bertz CT molecular complexity index is 3.61. The summed E-state index contributed by atoms with van der Waals surface area (Å²) in [6.45, 7) is 0. The molecule has 0 aliphatic rings. The van der Waals surface area contributed by atoms with E-state index in [9.17, 15) is 0 Å². The first-order valence-corrected chi connectivity index (χ1v) is 0. The Hall–Kier alpha value is 1.80. The van der Waals surface area contributed by atoms with Gasteiger partial charge in [0.1, 0.15) is 0 Å². The van der Waals surface area contributed by atoms with Crippen molar-refractivity contribution < 1.29 is 69.4 Å². The Morgan fingerprint density at radius 1 is 0.400 bits per heavy atom. The fourth-order valence-corrected chi connectivity index (χ4v) is 0. The van der Waals surface area contributed by atoms with E-state index in [1.165, 1.54) is 0 Å². The van der Waals surface area contributed by atoms with Crippen LogP contribution in [0.1, 0.15) is 0 Å². The molecule has 0 fully saturated rings. The molecule has 0 amide bonds. The van der Waals surface area contributed by atoms with Crippen LogP contribution in [0.4, 0.5) is 0 Å². The van der Waals surface area contributed by atoms with Crippen LogP contribution in [0, 0.1) is 0 Å². The van der Waals surface area contributed by atoms with Crippen molar-refractivity contribution in [2.75, 3.05) is 0 Å². The second-order valence-electron chi connectivity index (χ2n) is 0. The summed E-state index contributed by atoms with van der Waals surface area (Å²) >= 11 is 0. The first-order valence-electron chi connectivity index (χ1n) is 0. The standard InChI is InChI=1S/4ClH.Os/h4*1H;/p-4. The van der Waals surface area contributed by atoms with E-state index in [0.717, 1.165) is 0 Å². The van der Waals surface area contributed by atoms with Crippen LogP contribution in [-0.4, -0.2) is 0 Å². The van der Waals surface area contributed by atoms with E-state index < -0.39 is 0 Å². The van der Waals surface area contributed by atoms with Crippen molar-refractivity contribution in [3.63, 3.8) is 0 Å². The molecule has 0 aliphatic heterocycles. The fourth-order valence-electron chi connectivity index (χ4n) is 0. The smallest absolute Gasteiger partial charge is 0 e. The minimum atomic E-state index is 0. The maximum Gasteiger partial charge on any atom is 0 e. The Balaban J connectivity index is 0. The zero-order chi connectivity index (χ0) is 0. The van der Waals surface area contributed by atoms with Crippen LogP contribution in [0.2, 0.25) is 0 Å². The van der Waals surface area contributed by atoms with Crippen molar-refractivity contribution in [3.05, 3.63) is 0 Å². The van der Waals surface area contributed by atoms with E-state index in [2.05, 4.69) is 0 Å². The summed E-state index contributed by atoms with van der Waals surface area (Å²) in [7, 11) is 0. The average molecular weight is 332 g/mol. The number of rotatable bonds is 0. The quantitative estimate of drug-likeness (QED) is 0.413. The van der Waals surface area contributed by atoms with Gasteiger partial charge in [-0.2, -0.15) is 0 Å². The maximum atomic E-state index is 0. The molecule has 0 aromatic heterocycles. The van der Waals surface area contributed by atoms with Crippen molar-refractivity contribution in [1.29, 1.82) is 0 Å². The van der Waals surface area contributed by atoms with Gasteiger partial charge >= 0.3 is 0 Å². The summed E-state index contributed by atoms with van der Waals surface area (Å²) in [5.74, 6) is 0. The van der Waals surface area contributed by atoms with E-state index in [1.54, 1.807) is 0 Å². The summed E-state index contributed by atoms with van der Waals surface area (Å²) in [5, 5.41) is 0. The van der Waals surface area contributed by atoms with Crippen LogP contribution < -0.4 is 49.6 Å². The second kappa shape index (κ2) is 41.3. The fraction of sp³-hybridized carbons (Fsp3) is 0. The molecule has 0 radical (unpaired) electrons. The molecule has 0 unspecified atom stereocenters. The molecular formula is Cl4Os-4. The van der Waals surface area contributed by atoms with Crippen molar-refractivity contribution in [2.45, 2.75) is 0 Å². The topological polar surface area (TPSA) is 0 Å². The van der Waals surface area contributed by atoms with Gasteiger partial charge in [0.25, 0.3) is 0 Å². The van der Waals surface area contributed by atoms with E-state index >= 15 is 0 Å². The van der Waals surface area contributed by atoms with E-state index in [4.69, 9.17) is 0 Å². The molecule has 5 heavy (non-hydrogen) atoms. The van der Waals surface area contributed by atoms with E-state index in [0.29, 0.717) is 0 Å². The molecule has 0 heterocycles. The monoisotopic (exact) mass is 332 g/mol. The predicted octanol–water partition coefficient (Wildman–Crippen LogP) is -12.0. The molecule has 0 aliphatic carbocycles. The van der Waals surface area contributed by atoms with Gasteiger partial charge in [-0.25, -0.2) is 0 Å². The molecule has 0 aromatic rings. The van der Waals surface area contributed by atoms with Crippen LogP contribution in [-0.2, 0) is 19.8 Å². The minimum Gasteiger partial charge on any atom is -1.00 e. The van der Waals surface area contributed by atoms with Gasteiger partial charge in [-0.05, 0) is 0 Å². The van der Waals surface area contributed by atoms with Gasteiger partial charge in [-0.15, -0.1) is 0 Å². The number of hydrogen-bond donors (Lipinski definition) is 0. The Morgan fingerprint density at radius 2 is 0.400 bits per heavy atom. The molecule has 0 saturated carbocycles. The maximum absolute atomic E-state index is 0. The normalized spacial score (nSPS) is 0. The number of halogens is 4. The molecule has 0 bridgehead atoms. The molecule has 0 atom stereocenters. The molecule has 0 spiro atoms. The summed E-state index contributed by atoms with van der Waals surface area (Å²) < 4.78 is 0. The van der Waals surface area contributed by atoms with Gasteiger partial charge in [0.15, 0.2) is 0 Å². The van der Waals surface area contributed by atoms with Gasteiger partial charge in [0, 0.05) is 19.8 Å². The van der Waals surface area contributed by atoms with Crippen LogP contribution in [0.25, 0.3) is 0 Å².